The molecule has 0 radical (unpaired) electrons. The van der Waals surface area contributed by atoms with Crippen molar-refractivity contribution in [1.29, 1.82) is 0 Å². The summed E-state index contributed by atoms with van der Waals surface area (Å²) < 4.78 is 11.0. The van der Waals surface area contributed by atoms with Crippen LogP contribution in [0.4, 0.5) is 5.69 Å². The number of methoxy groups -OCH3 is 1. The number of benzene rings is 3. The van der Waals surface area contributed by atoms with Gasteiger partial charge in [0.15, 0.2) is 5.76 Å². The SMILES string of the molecule is COc1ccc(C(=O)c2oc3ccccc3c2NC(=O)c2cccc(C)c2)cc1. The number of hydrogen-bond acceptors (Lipinski definition) is 4. The van der Waals surface area contributed by atoms with Crippen LogP contribution in [-0.4, -0.2) is 18.8 Å². The number of anilines is 1. The minimum absolute atomic E-state index is 0.0948. The minimum atomic E-state index is -0.316. The summed E-state index contributed by atoms with van der Waals surface area (Å²) in [6, 6.07) is 21.3. The van der Waals surface area contributed by atoms with E-state index in [-0.39, 0.29) is 17.5 Å². The third-order valence-electron chi connectivity index (χ3n) is 4.67. The number of para-hydroxylation sites is 1. The molecule has 0 fully saturated rings. The van der Waals surface area contributed by atoms with Crippen molar-refractivity contribution in [2.45, 2.75) is 6.92 Å². The molecule has 29 heavy (non-hydrogen) atoms. The Bertz CT molecular complexity index is 1210. The zero-order valence-corrected chi connectivity index (χ0v) is 16.1. The van der Waals surface area contributed by atoms with Gasteiger partial charge in [0.25, 0.3) is 5.91 Å². The highest BCUT2D eigenvalue weighted by Crippen LogP contribution is 2.33. The number of aryl methyl sites for hydroxylation is 1. The summed E-state index contributed by atoms with van der Waals surface area (Å²) in [5.74, 6) is 0.129. The van der Waals surface area contributed by atoms with Crippen LogP contribution in [0, 0.1) is 6.92 Å². The molecular weight excluding hydrogens is 366 g/mol. The standard InChI is InChI=1S/C24H19NO4/c1-15-6-5-7-17(14-15)24(27)25-21-19-8-3-4-9-20(19)29-23(21)22(26)16-10-12-18(28-2)13-11-16/h3-14H,1-2H3,(H,25,27). The molecule has 0 aliphatic rings. The lowest BCUT2D eigenvalue weighted by atomic mass is 10.1. The number of ether oxygens (including phenoxy) is 1. The number of furan rings is 1. The lowest BCUT2D eigenvalue weighted by molar-refractivity contribution is 0.101. The molecule has 3 aromatic carbocycles. The van der Waals surface area contributed by atoms with E-state index in [0.29, 0.717) is 33.5 Å². The second-order valence-electron chi connectivity index (χ2n) is 6.68. The number of hydrogen-bond donors (Lipinski definition) is 1. The molecule has 0 saturated carbocycles. The van der Waals surface area contributed by atoms with E-state index in [1.54, 1.807) is 49.6 Å². The molecule has 0 aliphatic carbocycles. The molecule has 0 aliphatic heterocycles. The van der Waals surface area contributed by atoms with Crippen LogP contribution in [0.5, 0.6) is 5.75 Å². The van der Waals surface area contributed by atoms with Gasteiger partial charge in [-0.2, -0.15) is 0 Å². The average Bonchev–Trinajstić information content (AvgIpc) is 3.11. The van der Waals surface area contributed by atoms with E-state index in [9.17, 15) is 9.59 Å². The summed E-state index contributed by atoms with van der Waals surface area (Å²) in [5.41, 5.74) is 2.83. The lowest BCUT2D eigenvalue weighted by Gasteiger charge is -2.07. The van der Waals surface area contributed by atoms with Gasteiger partial charge < -0.3 is 14.5 Å². The number of ketones is 1. The first-order chi connectivity index (χ1) is 14.1. The van der Waals surface area contributed by atoms with Crippen molar-refractivity contribution in [1.82, 2.24) is 0 Å². The van der Waals surface area contributed by atoms with Crippen LogP contribution >= 0.6 is 0 Å². The van der Waals surface area contributed by atoms with E-state index >= 15 is 0 Å². The smallest absolute Gasteiger partial charge is 0.255 e. The zero-order valence-electron chi connectivity index (χ0n) is 16.1. The Hall–Kier alpha value is -3.86. The number of fused-ring (bicyclic) bond motifs is 1. The molecule has 4 rings (SSSR count). The number of amides is 1. The van der Waals surface area contributed by atoms with Crippen LogP contribution < -0.4 is 10.1 Å². The maximum Gasteiger partial charge on any atom is 0.255 e. The molecule has 1 amide bonds. The molecule has 144 valence electrons. The van der Waals surface area contributed by atoms with Crippen molar-refractivity contribution in [3.8, 4) is 5.75 Å². The van der Waals surface area contributed by atoms with Crippen molar-refractivity contribution in [2.24, 2.45) is 0 Å². The molecule has 0 bridgehead atoms. The molecule has 5 heteroatoms. The first kappa shape index (κ1) is 18.5. The highest BCUT2D eigenvalue weighted by Gasteiger charge is 2.23. The summed E-state index contributed by atoms with van der Waals surface area (Å²) in [7, 11) is 1.56. The quantitative estimate of drug-likeness (QED) is 0.478. The molecule has 4 aromatic rings. The fourth-order valence-corrected chi connectivity index (χ4v) is 3.17. The van der Waals surface area contributed by atoms with Crippen LogP contribution in [0.25, 0.3) is 11.0 Å². The lowest BCUT2D eigenvalue weighted by Crippen LogP contribution is -2.14. The van der Waals surface area contributed by atoms with Crippen molar-refractivity contribution in [3.63, 3.8) is 0 Å². The van der Waals surface area contributed by atoms with E-state index < -0.39 is 0 Å². The Morgan fingerprint density at radius 3 is 2.38 bits per heavy atom. The topological polar surface area (TPSA) is 68.5 Å². The first-order valence-corrected chi connectivity index (χ1v) is 9.15. The van der Waals surface area contributed by atoms with Crippen LogP contribution in [0.3, 0.4) is 0 Å². The van der Waals surface area contributed by atoms with Gasteiger partial charge in [0, 0.05) is 16.5 Å². The first-order valence-electron chi connectivity index (χ1n) is 9.15. The van der Waals surface area contributed by atoms with E-state index in [4.69, 9.17) is 9.15 Å². The number of nitrogens with one attached hydrogen (secondary N) is 1. The zero-order chi connectivity index (χ0) is 20.4. The fourth-order valence-electron chi connectivity index (χ4n) is 3.17. The third kappa shape index (κ3) is 3.62. The Morgan fingerprint density at radius 2 is 1.66 bits per heavy atom. The summed E-state index contributed by atoms with van der Waals surface area (Å²) in [6.45, 7) is 1.92. The second kappa shape index (κ2) is 7.64. The third-order valence-corrected chi connectivity index (χ3v) is 4.67. The highest BCUT2D eigenvalue weighted by atomic mass is 16.5. The maximum absolute atomic E-state index is 13.1. The van der Waals surface area contributed by atoms with Crippen molar-refractivity contribution >= 4 is 28.3 Å². The van der Waals surface area contributed by atoms with Gasteiger partial charge in [0.05, 0.1) is 12.8 Å². The van der Waals surface area contributed by atoms with E-state index in [2.05, 4.69) is 5.32 Å². The monoisotopic (exact) mass is 385 g/mol. The molecule has 0 atom stereocenters. The molecule has 5 nitrogen and oxygen atoms in total. The van der Waals surface area contributed by atoms with Crippen LogP contribution in [0.2, 0.25) is 0 Å². The van der Waals surface area contributed by atoms with Crippen molar-refractivity contribution in [2.75, 3.05) is 12.4 Å². The van der Waals surface area contributed by atoms with Gasteiger partial charge in [-0.25, -0.2) is 0 Å². The van der Waals surface area contributed by atoms with E-state index in [0.717, 1.165) is 5.56 Å². The van der Waals surface area contributed by atoms with Gasteiger partial charge >= 0.3 is 0 Å². The fraction of sp³-hybridized carbons (Fsp3) is 0.0833. The predicted octanol–water partition coefficient (Wildman–Crippen LogP) is 5.23. The van der Waals surface area contributed by atoms with Gasteiger partial charge in [-0.3, -0.25) is 9.59 Å². The predicted molar refractivity (Wildman–Crippen MR) is 112 cm³/mol. The van der Waals surface area contributed by atoms with Crippen LogP contribution in [-0.2, 0) is 0 Å². The van der Waals surface area contributed by atoms with E-state index in [1.165, 1.54) is 0 Å². The normalized spacial score (nSPS) is 10.7. The average molecular weight is 385 g/mol. The Kier molecular flexibility index (Phi) is 4.87. The second-order valence-corrected chi connectivity index (χ2v) is 6.68. The summed E-state index contributed by atoms with van der Waals surface area (Å²) in [4.78, 5) is 25.9. The van der Waals surface area contributed by atoms with Gasteiger partial charge in [0.2, 0.25) is 5.78 Å². The summed E-state index contributed by atoms with van der Waals surface area (Å²) in [5, 5.41) is 3.54. The molecule has 1 N–H and O–H groups in total. The van der Waals surface area contributed by atoms with Gasteiger partial charge in [-0.1, -0.05) is 29.8 Å². The Labute approximate surface area is 167 Å². The van der Waals surface area contributed by atoms with Gasteiger partial charge in [0.1, 0.15) is 11.3 Å². The number of carbonyl (C=O) groups is 2. The molecule has 1 aromatic heterocycles. The Morgan fingerprint density at radius 1 is 0.897 bits per heavy atom. The number of carbonyl (C=O) groups excluding carboxylic acids is 2. The van der Waals surface area contributed by atoms with Crippen LogP contribution in [0.15, 0.2) is 77.2 Å². The summed E-state index contributed by atoms with van der Waals surface area (Å²) in [6.07, 6.45) is 0. The molecular formula is C24H19NO4. The molecule has 1 heterocycles. The van der Waals surface area contributed by atoms with Crippen molar-refractivity contribution < 1.29 is 18.7 Å². The van der Waals surface area contributed by atoms with Gasteiger partial charge in [-0.05, 0) is 55.5 Å². The largest absolute Gasteiger partial charge is 0.497 e. The molecule has 0 unspecified atom stereocenters. The van der Waals surface area contributed by atoms with E-state index in [1.807, 2.05) is 37.3 Å². The van der Waals surface area contributed by atoms with Gasteiger partial charge in [-0.15, -0.1) is 0 Å². The molecule has 0 spiro atoms. The maximum atomic E-state index is 13.1. The summed E-state index contributed by atoms with van der Waals surface area (Å²) >= 11 is 0. The minimum Gasteiger partial charge on any atom is -0.497 e. The number of rotatable bonds is 5. The van der Waals surface area contributed by atoms with Crippen LogP contribution in [0.1, 0.15) is 32.0 Å². The molecule has 0 saturated heterocycles. The Balaban J connectivity index is 1.76. The highest BCUT2D eigenvalue weighted by molar-refractivity contribution is 6.18. The van der Waals surface area contributed by atoms with Crippen molar-refractivity contribution in [3.05, 3.63) is 95.2 Å².